The van der Waals surface area contributed by atoms with Gasteiger partial charge in [-0.15, -0.1) is 5.10 Å². The van der Waals surface area contributed by atoms with Crippen LogP contribution in [-0.4, -0.2) is 48.7 Å². The Morgan fingerprint density at radius 1 is 1.35 bits per heavy atom. The molecule has 23 heavy (non-hydrogen) atoms. The number of aromatic nitrogens is 3. The van der Waals surface area contributed by atoms with Gasteiger partial charge in [0.25, 0.3) is 0 Å². The molecule has 2 aromatic rings. The van der Waals surface area contributed by atoms with Gasteiger partial charge in [0.2, 0.25) is 5.91 Å². The number of fused-ring (bicyclic) bond motifs is 1. The number of hydrogen-bond acceptors (Lipinski definition) is 4. The molecule has 1 aliphatic heterocycles. The van der Waals surface area contributed by atoms with Crippen LogP contribution in [0.1, 0.15) is 19.8 Å². The van der Waals surface area contributed by atoms with Gasteiger partial charge in [-0.3, -0.25) is 14.0 Å². The van der Waals surface area contributed by atoms with Crippen LogP contribution in [0.25, 0.3) is 5.65 Å². The molecule has 1 N–H and O–H groups in total. The number of amides is 1. The molecule has 0 spiro atoms. The summed E-state index contributed by atoms with van der Waals surface area (Å²) in [6.45, 7) is 1.89. The van der Waals surface area contributed by atoms with E-state index in [9.17, 15) is 14.4 Å². The topological polar surface area (TPSA) is 96.9 Å². The highest BCUT2D eigenvalue weighted by molar-refractivity contribution is 5.78. The number of carbonyl (C=O) groups excluding carboxylic acids is 1. The summed E-state index contributed by atoms with van der Waals surface area (Å²) >= 11 is 0. The highest BCUT2D eigenvalue weighted by Gasteiger charge is 2.32. The maximum absolute atomic E-state index is 12.5. The first-order valence-electron chi connectivity index (χ1n) is 7.54. The van der Waals surface area contributed by atoms with Gasteiger partial charge in [0.05, 0.1) is 5.92 Å². The van der Waals surface area contributed by atoms with Gasteiger partial charge in [-0.2, -0.15) is 0 Å². The van der Waals surface area contributed by atoms with E-state index in [0.29, 0.717) is 18.5 Å². The van der Waals surface area contributed by atoms with Crippen molar-refractivity contribution in [1.29, 1.82) is 0 Å². The normalized spacial score (nSPS) is 21.5. The SMILES string of the molecule is CC1CCC(C(=O)O)CN1C(=O)Cn1nc2ccccn2c1=O. The van der Waals surface area contributed by atoms with Gasteiger partial charge >= 0.3 is 11.7 Å². The van der Waals surface area contributed by atoms with Gasteiger partial charge in [-0.05, 0) is 31.9 Å². The van der Waals surface area contributed by atoms with E-state index in [1.807, 2.05) is 6.92 Å². The number of aliphatic carboxylic acids is 1. The van der Waals surface area contributed by atoms with E-state index in [1.54, 1.807) is 29.3 Å². The molecule has 1 aliphatic rings. The van der Waals surface area contributed by atoms with Crippen molar-refractivity contribution in [2.45, 2.75) is 32.4 Å². The van der Waals surface area contributed by atoms with Gasteiger partial charge in [-0.1, -0.05) is 6.07 Å². The third-order valence-corrected chi connectivity index (χ3v) is 4.33. The number of carbonyl (C=O) groups is 2. The number of piperidine rings is 1. The Kier molecular flexibility index (Phi) is 3.89. The summed E-state index contributed by atoms with van der Waals surface area (Å²) in [4.78, 5) is 37.4. The van der Waals surface area contributed by atoms with E-state index in [0.717, 1.165) is 4.68 Å². The third-order valence-electron chi connectivity index (χ3n) is 4.33. The Balaban J connectivity index is 1.81. The zero-order chi connectivity index (χ0) is 16.6. The summed E-state index contributed by atoms with van der Waals surface area (Å²) in [6.07, 6.45) is 2.80. The van der Waals surface area contributed by atoms with Crippen LogP contribution in [0.2, 0.25) is 0 Å². The number of rotatable bonds is 3. The first kappa shape index (κ1) is 15.3. The molecular formula is C15H18N4O4. The van der Waals surface area contributed by atoms with Crippen LogP contribution in [0.3, 0.4) is 0 Å². The second kappa shape index (κ2) is 5.86. The van der Waals surface area contributed by atoms with Crippen LogP contribution >= 0.6 is 0 Å². The average molecular weight is 318 g/mol. The molecule has 3 rings (SSSR count). The van der Waals surface area contributed by atoms with Crippen molar-refractivity contribution in [1.82, 2.24) is 19.1 Å². The van der Waals surface area contributed by atoms with Crippen molar-refractivity contribution in [2.75, 3.05) is 6.54 Å². The molecule has 122 valence electrons. The Labute approximate surface area is 131 Å². The monoisotopic (exact) mass is 318 g/mol. The number of carboxylic acids is 1. The molecule has 1 fully saturated rings. The lowest BCUT2D eigenvalue weighted by molar-refractivity contribution is -0.147. The summed E-state index contributed by atoms with van der Waals surface area (Å²) in [5, 5.41) is 13.3. The summed E-state index contributed by atoms with van der Waals surface area (Å²) in [5.74, 6) is -1.72. The number of carboxylic acid groups (broad SMARTS) is 1. The maximum atomic E-state index is 12.5. The first-order chi connectivity index (χ1) is 11.0. The van der Waals surface area contributed by atoms with E-state index in [4.69, 9.17) is 5.11 Å². The lowest BCUT2D eigenvalue weighted by atomic mass is 9.93. The quantitative estimate of drug-likeness (QED) is 0.872. The van der Waals surface area contributed by atoms with E-state index in [1.165, 1.54) is 4.40 Å². The lowest BCUT2D eigenvalue weighted by Gasteiger charge is -2.36. The van der Waals surface area contributed by atoms with Crippen LogP contribution in [0.15, 0.2) is 29.2 Å². The molecule has 0 aromatic carbocycles. The number of pyridine rings is 1. The molecule has 2 aromatic heterocycles. The lowest BCUT2D eigenvalue weighted by Crippen LogP contribution is -2.49. The number of likely N-dealkylation sites (tertiary alicyclic amines) is 1. The maximum Gasteiger partial charge on any atom is 0.350 e. The van der Waals surface area contributed by atoms with Crippen molar-refractivity contribution in [3.63, 3.8) is 0 Å². The summed E-state index contributed by atoms with van der Waals surface area (Å²) in [5.41, 5.74) is 0.0915. The molecular weight excluding hydrogens is 300 g/mol. The largest absolute Gasteiger partial charge is 0.481 e. The Bertz CT molecular complexity index is 809. The van der Waals surface area contributed by atoms with E-state index < -0.39 is 11.9 Å². The molecule has 3 heterocycles. The summed E-state index contributed by atoms with van der Waals surface area (Å²) in [6, 6.07) is 5.13. The Morgan fingerprint density at radius 2 is 2.13 bits per heavy atom. The molecule has 8 nitrogen and oxygen atoms in total. The van der Waals surface area contributed by atoms with Gasteiger partial charge in [0.15, 0.2) is 5.65 Å². The van der Waals surface area contributed by atoms with Crippen molar-refractivity contribution in [3.05, 3.63) is 34.9 Å². The third kappa shape index (κ3) is 2.84. The minimum atomic E-state index is -0.889. The van der Waals surface area contributed by atoms with Crippen LogP contribution in [0, 0.1) is 5.92 Å². The smallest absolute Gasteiger partial charge is 0.350 e. The molecule has 8 heteroatoms. The standard InChI is InChI=1S/C15H18N4O4/c1-10-5-6-11(14(21)22)8-18(10)13(20)9-19-15(23)17-7-3-2-4-12(17)16-19/h2-4,7,10-11H,5-6,8-9H2,1H3,(H,21,22). The summed E-state index contributed by atoms with van der Waals surface area (Å²) < 4.78 is 2.49. The Hall–Kier alpha value is -2.64. The zero-order valence-electron chi connectivity index (χ0n) is 12.8. The van der Waals surface area contributed by atoms with Gasteiger partial charge in [0, 0.05) is 18.8 Å². The predicted molar refractivity (Wildman–Crippen MR) is 81.0 cm³/mol. The highest BCUT2D eigenvalue weighted by Crippen LogP contribution is 2.22. The fraction of sp³-hybridized carbons (Fsp3) is 0.467. The van der Waals surface area contributed by atoms with E-state index in [2.05, 4.69) is 5.10 Å². The molecule has 0 saturated carbocycles. The van der Waals surface area contributed by atoms with Crippen molar-refractivity contribution < 1.29 is 14.7 Å². The minimum Gasteiger partial charge on any atom is -0.481 e. The fourth-order valence-electron chi connectivity index (χ4n) is 2.95. The molecule has 1 saturated heterocycles. The Morgan fingerprint density at radius 3 is 2.83 bits per heavy atom. The van der Waals surface area contributed by atoms with Crippen LogP contribution in [-0.2, 0) is 16.1 Å². The second-order valence-electron chi connectivity index (χ2n) is 5.88. The number of hydrogen-bond donors (Lipinski definition) is 1. The van der Waals surface area contributed by atoms with E-state index >= 15 is 0 Å². The number of nitrogens with zero attached hydrogens (tertiary/aromatic N) is 4. The van der Waals surface area contributed by atoms with Crippen LogP contribution in [0.5, 0.6) is 0 Å². The van der Waals surface area contributed by atoms with Crippen molar-refractivity contribution in [3.8, 4) is 0 Å². The van der Waals surface area contributed by atoms with Crippen LogP contribution in [0.4, 0.5) is 0 Å². The fourth-order valence-corrected chi connectivity index (χ4v) is 2.95. The molecule has 0 aliphatic carbocycles. The van der Waals surface area contributed by atoms with E-state index in [-0.39, 0.29) is 30.7 Å². The summed E-state index contributed by atoms with van der Waals surface area (Å²) in [7, 11) is 0. The molecule has 0 bridgehead atoms. The zero-order valence-corrected chi connectivity index (χ0v) is 12.8. The van der Waals surface area contributed by atoms with Crippen LogP contribution < -0.4 is 5.69 Å². The highest BCUT2D eigenvalue weighted by atomic mass is 16.4. The molecule has 0 radical (unpaired) electrons. The van der Waals surface area contributed by atoms with Gasteiger partial charge in [-0.25, -0.2) is 9.48 Å². The van der Waals surface area contributed by atoms with Crippen molar-refractivity contribution >= 4 is 17.5 Å². The van der Waals surface area contributed by atoms with Gasteiger partial charge < -0.3 is 10.0 Å². The molecule has 1 amide bonds. The second-order valence-corrected chi connectivity index (χ2v) is 5.88. The first-order valence-corrected chi connectivity index (χ1v) is 7.54. The molecule has 2 atom stereocenters. The van der Waals surface area contributed by atoms with Crippen molar-refractivity contribution in [2.24, 2.45) is 5.92 Å². The minimum absolute atomic E-state index is 0.0363. The van der Waals surface area contributed by atoms with Gasteiger partial charge in [0.1, 0.15) is 6.54 Å². The molecule has 2 unspecified atom stereocenters. The average Bonchev–Trinajstić information content (AvgIpc) is 2.84. The predicted octanol–water partition coefficient (Wildman–Crippen LogP) is 0.208.